The van der Waals surface area contributed by atoms with Gasteiger partial charge in [0.2, 0.25) is 0 Å². The molecule has 0 fully saturated rings. The van der Waals surface area contributed by atoms with E-state index >= 15 is 0 Å². The molecule has 0 saturated heterocycles. The molecule has 278 valence electrons. The minimum Gasteiger partial charge on any atom is -0.456 e. The van der Waals surface area contributed by atoms with Gasteiger partial charge >= 0.3 is 0 Å². The molecular formula is C55H31N3OS. The van der Waals surface area contributed by atoms with Crippen LogP contribution in [0.25, 0.3) is 104 Å². The number of nitrogens with zero attached hydrogens (tertiary/aromatic N) is 3. The number of imidazole rings is 1. The van der Waals surface area contributed by atoms with Gasteiger partial charge in [-0.25, -0.2) is 4.98 Å². The minimum atomic E-state index is 0.903. The number of fused-ring (bicyclic) bond motifs is 19. The van der Waals surface area contributed by atoms with Crippen LogP contribution < -0.4 is 4.90 Å². The van der Waals surface area contributed by atoms with E-state index < -0.39 is 0 Å². The zero-order valence-corrected chi connectivity index (χ0v) is 32.9. The Balaban J connectivity index is 1.04. The molecule has 0 amide bonds. The Morgan fingerprint density at radius 3 is 1.78 bits per heavy atom. The van der Waals surface area contributed by atoms with Gasteiger partial charge in [-0.05, 0) is 122 Å². The average Bonchev–Trinajstić information content (AvgIpc) is 3.89. The first-order valence-electron chi connectivity index (χ1n) is 20.4. The number of furan rings is 1. The number of aromatic nitrogens is 2. The lowest BCUT2D eigenvalue weighted by molar-refractivity contribution is 0.669. The Kier molecular flexibility index (Phi) is 6.46. The largest absolute Gasteiger partial charge is 0.456 e. The summed E-state index contributed by atoms with van der Waals surface area (Å²) in [7, 11) is 0. The van der Waals surface area contributed by atoms with Crippen molar-refractivity contribution in [1.29, 1.82) is 0 Å². The maximum absolute atomic E-state index is 6.35. The summed E-state index contributed by atoms with van der Waals surface area (Å²) in [4.78, 5) is 10.1. The Morgan fingerprint density at radius 2 is 0.983 bits per heavy atom. The highest BCUT2D eigenvalue weighted by Gasteiger charge is 2.28. The van der Waals surface area contributed by atoms with Crippen molar-refractivity contribution in [2.75, 3.05) is 4.90 Å². The van der Waals surface area contributed by atoms with Gasteiger partial charge in [-0.15, -0.1) is 0 Å². The van der Waals surface area contributed by atoms with Gasteiger partial charge in [-0.3, -0.25) is 4.40 Å². The van der Waals surface area contributed by atoms with Crippen molar-refractivity contribution in [2.45, 2.75) is 9.79 Å². The molecule has 0 bridgehead atoms. The van der Waals surface area contributed by atoms with Crippen molar-refractivity contribution in [3.63, 3.8) is 0 Å². The third kappa shape index (κ3) is 4.44. The summed E-state index contributed by atoms with van der Waals surface area (Å²) >= 11 is 1.86. The van der Waals surface area contributed by atoms with Gasteiger partial charge < -0.3 is 9.32 Å². The van der Waals surface area contributed by atoms with E-state index in [2.05, 4.69) is 185 Å². The first-order valence-corrected chi connectivity index (χ1v) is 21.2. The first-order chi connectivity index (χ1) is 29.7. The lowest BCUT2D eigenvalue weighted by Crippen LogP contribution is -2.15. The van der Waals surface area contributed by atoms with Crippen LogP contribution in [0.1, 0.15) is 0 Å². The van der Waals surface area contributed by atoms with Crippen LogP contribution in [0.2, 0.25) is 0 Å². The molecule has 0 spiro atoms. The molecule has 4 heterocycles. The van der Waals surface area contributed by atoms with Crippen LogP contribution in [0.15, 0.2) is 202 Å². The van der Waals surface area contributed by atoms with Crippen molar-refractivity contribution in [3.8, 4) is 11.1 Å². The fourth-order valence-corrected chi connectivity index (χ4v) is 11.1. The topological polar surface area (TPSA) is 33.7 Å². The SMILES string of the molecule is c1ccc2c(c1)nc1c3ccccc3c3cc(N4c5ccc(-c6ccc7c(c6)oc6ccccc67)cc5Sc5cc6c7ccccc7c7ccccc7c6cc54)ccc3n21. The number of hydrogen-bond donors (Lipinski definition) is 0. The molecule has 1 aliphatic heterocycles. The molecule has 0 N–H and O–H groups in total. The van der Waals surface area contributed by atoms with Crippen LogP contribution in [0, 0.1) is 0 Å². The summed E-state index contributed by atoms with van der Waals surface area (Å²) in [6.45, 7) is 0. The van der Waals surface area contributed by atoms with E-state index in [-0.39, 0.29) is 0 Å². The van der Waals surface area contributed by atoms with Crippen molar-refractivity contribution in [2.24, 2.45) is 0 Å². The third-order valence-corrected chi connectivity index (χ3v) is 13.8. The van der Waals surface area contributed by atoms with Gasteiger partial charge in [0.1, 0.15) is 16.8 Å². The minimum absolute atomic E-state index is 0.903. The molecule has 4 nitrogen and oxygen atoms in total. The molecule has 10 aromatic carbocycles. The van der Waals surface area contributed by atoms with Gasteiger partial charge in [0.15, 0.2) is 0 Å². The summed E-state index contributed by atoms with van der Waals surface area (Å²) in [5.41, 5.74) is 11.8. The predicted octanol–water partition coefficient (Wildman–Crippen LogP) is 15.8. The number of benzene rings is 10. The van der Waals surface area contributed by atoms with Crippen molar-refractivity contribution >= 4 is 121 Å². The quantitative estimate of drug-likeness (QED) is 0.164. The molecule has 1 aliphatic rings. The maximum Gasteiger partial charge on any atom is 0.146 e. The number of rotatable bonds is 2. The molecule has 60 heavy (non-hydrogen) atoms. The van der Waals surface area contributed by atoms with E-state index in [9.17, 15) is 0 Å². The van der Waals surface area contributed by atoms with Gasteiger partial charge in [0.25, 0.3) is 0 Å². The molecule has 5 heteroatoms. The number of para-hydroxylation sites is 3. The van der Waals surface area contributed by atoms with Crippen LogP contribution in [0.4, 0.5) is 17.1 Å². The summed E-state index contributed by atoms with van der Waals surface area (Å²) in [6.07, 6.45) is 0. The molecule has 0 aliphatic carbocycles. The Labute approximate surface area is 347 Å². The summed E-state index contributed by atoms with van der Waals surface area (Å²) in [5, 5.41) is 13.4. The molecule has 3 aromatic heterocycles. The van der Waals surface area contributed by atoms with E-state index in [4.69, 9.17) is 9.40 Å². The van der Waals surface area contributed by atoms with Crippen molar-refractivity contribution in [1.82, 2.24) is 9.38 Å². The number of anilines is 3. The molecule has 13 aromatic rings. The highest BCUT2D eigenvalue weighted by Crippen LogP contribution is 2.55. The standard InChI is InChI=1S/C55H31N3OS/c1-3-13-37-35(11-1)36-12-2-4-14-38(36)44-31-54-50(30-43(37)44)57(49-25-22-33(28-53(49)60-54)32-21-24-41-40-16-7-10-20-51(40)59-52(41)27-32)34-23-26-47-45(29-34)39-15-5-6-17-42(39)55-56-46-18-8-9-19-48(46)58(47)55/h1-31H. The predicted molar refractivity (Wildman–Crippen MR) is 252 cm³/mol. The molecule has 0 saturated carbocycles. The first kappa shape index (κ1) is 32.4. The normalized spacial score (nSPS) is 12.9. The highest BCUT2D eigenvalue weighted by molar-refractivity contribution is 7.99. The number of hydrogen-bond acceptors (Lipinski definition) is 4. The van der Waals surface area contributed by atoms with Crippen molar-refractivity contribution in [3.05, 3.63) is 188 Å². The van der Waals surface area contributed by atoms with Crippen molar-refractivity contribution < 1.29 is 4.42 Å². The third-order valence-electron chi connectivity index (χ3n) is 12.7. The van der Waals surface area contributed by atoms with E-state index in [1.165, 1.54) is 58.6 Å². The Bertz CT molecular complexity index is 4010. The average molecular weight is 782 g/mol. The van der Waals surface area contributed by atoms with E-state index in [1.54, 1.807) is 0 Å². The maximum atomic E-state index is 6.35. The van der Waals surface area contributed by atoms with Crippen LogP contribution in [0.5, 0.6) is 0 Å². The second-order valence-corrected chi connectivity index (χ2v) is 17.0. The van der Waals surface area contributed by atoms with Gasteiger partial charge in [-0.1, -0.05) is 127 Å². The fraction of sp³-hybridized carbons (Fsp3) is 0. The van der Waals surface area contributed by atoms with E-state index in [0.29, 0.717) is 0 Å². The van der Waals surface area contributed by atoms with Crippen LogP contribution in [-0.4, -0.2) is 9.38 Å². The zero-order valence-electron chi connectivity index (χ0n) is 32.1. The Morgan fingerprint density at radius 1 is 0.383 bits per heavy atom. The highest BCUT2D eigenvalue weighted by atomic mass is 32.2. The second kappa shape index (κ2) is 12.0. The monoisotopic (exact) mass is 781 g/mol. The molecule has 0 unspecified atom stereocenters. The lowest BCUT2D eigenvalue weighted by Gasteiger charge is -2.34. The van der Waals surface area contributed by atoms with Gasteiger partial charge in [0, 0.05) is 37.0 Å². The fourth-order valence-electron chi connectivity index (χ4n) is 10.0. The van der Waals surface area contributed by atoms with Gasteiger partial charge in [0.05, 0.1) is 27.9 Å². The Hall–Kier alpha value is -7.60. The van der Waals surface area contributed by atoms with E-state index in [1.807, 2.05) is 23.9 Å². The zero-order chi connectivity index (χ0) is 39.1. The molecule has 0 radical (unpaired) electrons. The lowest BCUT2D eigenvalue weighted by atomic mass is 9.93. The molecule has 0 atom stereocenters. The van der Waals surface area contributed by atoms with Crippen LogP contribution >= 0.6 is 11.8 Å². The second-order valence-electron chi connectivity index (χ2n) is 15.9. The van der Waals surface area contributed by atoms with E-state index in [0.717, 1.165) is 72.0 Å². The summed E-state index contributed by atoms with van der Waals surface area (Å²) < 4.78 is 8.68. The smallest absolute Gasteiger partial charge is 0.146 e. The number of pyridine rings is 1. The summed E-state index contributed by atoms with van der Waals surface area (Å²) in [5.74, 6) is 0. The summed E-state index contributed by atoms with van der Waals surface area (Å²) in [6, 6.07) is 68.5. The molecule has 14 rings (SSSR count). The van der Waals surface area contributed by atoms with Gasteiger partial charge in [-0.2, -0.15) is 0 Å². The van der Waals surface area contributed by atoms with Crippen LogP contribution in [0.3, 0.4) is 0 Å². The molecular weight excluding hydrogens is 751 g/mol. The van der Waals surface area contributed by atoms with Crippen LogP contribution in [-0.2, 0) is 0 Å².